The topological polar surface area (TPSA) is 54.0 Å². The van der Waals surface area contributed by atoms with E-state index in [-0.39, 0.29) is 5.91 Å². The van der Waals surface area contributed by atoms with Crippen LogP contribution in [-0.4, -0.2) is 24.0 Å². The zero-order valence-corrected chi connectivity index (χ0v) is 10.2. The average molecular weight is 233 g/mol. The van der Waals surface area contributed by atoms with E-state index in [0.29, 0.717) is 12.5 Å². The van der Waals surface area contributed by atoms with Crippen LogP contribution in [0.3, 0.4) is 0 Å². The normalized spacial score (nSPS) is 14.6. The van der Waals surface area contributed by atoms with Crippen molar-refractivity contribution in [2.75, 3.05) is 13.1 Å². The van der Waals surface area contributed by atoms with Crippen LogP contribution >= 0.6 is 0 Å². The van der Waals surface area contributed by atoms with Crippen molar-refractivity contribution in [1.82, 2.24) is 15.6 Å². The van der Waals surface area contributed by atoms with Gasteiger partial charge in [-0.3, -0.25) is 9.78 Å². The van der Waals surface area contributed by atoms with Crippen molar-refractivity contribution in [3.05, 3.63) is 29.6 Å². The Morgan fingerprint density at radius 2 is 2.29 bits per heavy atom. The molecule has 17 heavy (non-hydrogen) atoms. The molecule has 2 N–H and O–H groups in total. The van der Waals surface area contributed by atoms with Gasteiger partial charge in [-0.1, -0.05) is 0 Å². The molecule has 1 aliphatic carbocycles. The molecule has 0 unspecified atom stereocenters. The summed E-state index contributed by atoms with van der Waals surface area (Å²) >= 11 is 0. The van der Waals surface area contributed by atoms with Crippen molar-refractivity contribution >= 4 is 5.91 Å². The third kappa shape index (κ3) is 3.82. The van der Waals surface area contributed by atoms with Gasteiger partial charge in [-0.05, 0) is 37.0 Å². The number of carbonyl (C=O) groups excluding carboxylic acids is 1. The van der Waals surface area contributed by atoms with Gasteiger partial charge in [0, 0.05) is 37.9 Å². The summed E-state index contributed by atoms with van der Waals surface area (Å²) < 4.78 is 0. The predicted octanol–water partition coefficient (Wildman–Crippen LogP) is 1.01. The summed E-state index contributed by atoms with van der Waals surface area (Å²) in [6.07, 6.45) is 5.81. The molecule has 1 aromatic rings. The standard InChI is InChI=1S/C13H19N3O/c1-10-4-5-14-8-12(10)9-15-6-7-16-13(17)11-2-3-11/h4-5,8,11,15H,2-3,6-7,9H2,1H3,(H,16,17). The fourth-order valence-corrected chi connectivity index (χ4v) is 1.67. The Morgan fingerprint density at radius 3 is 3.00 bits per heavy atom. The molecule has 0 aliphatic heterocycles. The van der Waals surface area contributed by atoms with E-state index in [1.807, 2.05) is 12.3 Å². The Hall–Kier alpha value is -1.42. The van der Waals surface area contributed by atoms with Crippen LogP contribution in [0.25, 0.3) is 0 Å². The molecule has 1 saturated carbocycles. The highest BCUT2D eigenvalue weighted by Gasteiger charge is 2.28. The Balaban J connectivity index is 1.59. The molecule has 1 aliphatic rings. The maximum absolute atomic E-state index is 11.3. The Kier molecular flexibility index (Phi) is 4.09. The maximum atomic E-state index is 11.3. The number of pyridine rings is 1. The van der Waals surface area contributed by atoms with Gasteiger partial charge in [0.1, 0.15) is 0 Å². The van der Waals surface area contributed by atoms with Crippen LogP contribution in [0.5, 0.6) is 0 Å². The lowest BCUT2D eigenvalue weighted by Gasteiger charge is -2.08. The van der Waals surface area contributed by atoms with Crippen molar-refractivity contribution in [2.24, 2.45) is 5.92 Å². The summed E-state index contributed by atoms with van der Waals surface area (Å²) in [6.45, 7) is 4.38. The van der Waals surface area contributed by atoms with Crippen LogP contribution in [0, 0.1) is 12.8 Å². The molecule has 4 nitrogen and oxygen atoms in total. The zero-order valence-electron chi connectivity index (χ0n) is 10.2. The maximum Gasteiger partial charge on any atom is 0.223 e. The van der Waals surface area contributed by atoms with Crippen LogP contribution < -0.4 is 10.6 Å². The van der Waals surface area contributed by atoms with Gasteiger partial charge in [-0.15, -0.1) is 0 Å². The molecule has 4 heteroatoms. The average Bonchev–Trinajstić information content (AvgIpc) is 3.14. The smallest absolute Gasteiger partial charge is 0.223 e. The minimum atomic E-state index is 0.212. The molecule has 0 aromatic carbocycles. The zero-order chi connectivity index (χ0) is 12.1. The van der Waals surface area contributed by atoms with Crippen LogP contribution in [0.4, 0.5) is 0 Å². The Morgan fingerprint density at radius 1 is 1.47 bits per heavy atom. The van der Waals surface area contributed by atoms with Crippen molar-refractivity contribution in [3.8, 4) is 0 Å². The van der Waals surface area contributed by atoms with Crippen molar-refractivity contribution in [2.45, 2.75) is 26.3 Å². The summed E-state index contributed by atoms with van der Waals surface area (Å²) in [5.41, 5.74) is 2.45. The summed E-state index contributed by atoms with van der Waals surface area (Å²) in [7, 11) is 0. The SMILES string of the molecule is Cc1ccncc1CNCCNC(=O)C1CC1. The van der Waals surface area contributed by atoms with Crippen LogP contribution in [0.15, 0.2) is 18.5 Å². The molecule has 0 spiro atoms. The minimum absolute atomic E-state index is 0.212. The van der Waals surface area contributed by atoms with Crippen molar-refractivity contribution in [3.63, 3.8) is 0 Å². The fourth-order valence-electron chi connectivity index (χ4n) is 1.67. The van der Waals surface area contributed by atoms with Gasteiger partial charge in [0.05, 0.1) is 0 Å². The number of aromatic nitrogens is 1. The third-order valence-electron chi connectivity index (χ3n) is 3.01. The summed E-state index contributed by atoms with van der Waals surface area (Å²) in [6, 6.07) is 2.01. The monoisotopic (exact) mass is 233 g/mol. The van der Waals surface area contributed by atoms with Gasteiger partial charge in [-0.2, -0.15) is 0 Å². The van der Waals surface area contributed by atoms with E-state index in [2.05, 4.69) is 22.5 Å². The highest BCUT2D eigenvalue weighted by Crippen LogP contribution is 2.28. The van der Waals surface area contributed by atoms with E-state index in [4.69, 9.17) is 0 Å². The number of nitrogens with zero attached hydrogens (tertiary/aromatic N) is 1. The molecule has 0 bridgehead atoms. The van der Waals surface area contributed by atoms with Crippen molar-refractivity contribution in [1.29, 1.82) is 0 Å². The van der Waals surface area contributed by atoms with Gasteiger partial charge >= 0.3 is 0 Å². The lowest BCUT2D eigenvalue weighted by Crippen LogP contribution is -2.32. The molecule has 1 fully saturated rings. The molecule has 1 heterocycles. The molecule has 1 aromatic heterocycles. The second-order valence-corrected chi connectivity index (χ2v) is 4.54. The lowest BCUT2D eigenvalue weighted by molar-refractivity contribution is -0.122. The number of aryl methyl sites for hydroxylation is 1. The largest absolute Gasteiger partial charge is 0.355 e. The summed E-state index contributed by atoms with van der Waals surface area (Å²) in [5.74, 6) is 0.514. The van der Waals surface area contributed by atoms with E-state index >= 15 is 0 Å². The molecule has 1 amide bonds. The second kappa shape index (κ2) is 5.77. The Bertz CT molecular complexity index is 388. The van der Waals surface area contributed by atoms with Crippen LogP contribution in [0.1, 0.15) is 24.0 Å². The molecule has 2 rings (SSSR count). The predicted molar refractivity (Wildman–Crippen MR) is 66.4 cm³/mol. The number of hydrogen-bond donors (Lipinski definition) is 2. The first-order chi connectivity index (χ1) is 8.27. The molecule has 92 valence electrons. The summed E-state index contributed by atoms with van der Waals surface area (Å²) in [5, 5.41) is 6.23. The van der Waals surface area contributed by atoms with Gasteiger partial charge < -0.3 is 10.6 Å². The fraction of sp³-hybridized carbons (Fsp3) is 0.538. The first-order valence-corrected chi connectivity index (χ1v) is 6.15. The first-order valence-electron chi connectivity index (χ1n) is 6.15. The molecule has 0 atom stereocenters. The molecule has 0 saturated heterocycles. The van der Waals surface area contributed by atoms with Gasteiger partial charge in [0.15, 0.2) is 0 Å². The van der Waals surface area contributed by atoms with Gasteiger partial charge in [0.25, 0.3) is 0 Å². The van der Waals surface area contributed by atoms with E-state index < -0.39 is 0 Å². The van der Waals surface area contributed by atoms with Crippen LogP contribution in [-0.2, 0) is 11.3 Å². The molecular formula is C13H19N3O. The number of carbonyl (C=O) groups is 1. The van der Waals surface area contributed by atoms with Crippen molar-refractivity contribution < 1.29 is 4.79 Å². The second-order valence-electron chi connectivity index (χ2n) is 4.54. The molecule has 0 radical (unpaired) electrons. The number of amides is 1. The quantitative estimate of drug-likeness (QED) is 0.721. The summed E-state index contributed by atoms with van der Waals surface area (Å²) in [4.78, 5) is 15.4. The first kappa shape index (κ1) is 12.0. The number of nitrogens with one attached hydrogen (secondary N) is 2. The third-order valence-corrected chi connectivity index (χ3v) is 3.01. The number of rotatable bonds is 6. The van der Waals surface area contributed by atoms with Gasteiger partial charge in [0.2, 0.25) is 5.91 Å². The number of hydrogen-bond acceptors (Lipinski definition) is 3. The van der Waals surface area contributed by atoms with Gasteiger partial charge in [-0.25, -0.2) is 0 Å². The van der Waals surface area contributed by atoms with E-state index in [1.54, 1.807) is 6.20 Å². The van der Waals surface area contributed by atoms with E-state index in [1.165, 1.54) is 11.1 Å². The van der Waals surface area contributed by atoms with Crippen LogP contribution in [0.2, 0.25) is 0 Å². The molecular weight excluding hydrogens is 214 g/mol. The highest BCUT2D eigenvalue weighted by molar-refractivity contribution is 5.80. The van der Waals surface area contributed by atoms with E-state index in [0.717, 1.165) is 25.9 Å². The highest BCUT2D eigenvalue weighted by atomic mass is 16.2. The van der Waals surface area contributed by atoms with E-state index in [9.17, 15) is 4.79 Å². The Labute approximate surface area is 102 Å². The minimum Gasteiger partial charge on any atom is -0.355 e. The lowest BCUT2D eigenvalue weighted by atomic mass is 10.1.